The van der Waals surface area contributed by atoms with Crippen LogP contribution in [0.2, 0.25) is 0 Å². The predicted octanol–water partition coefficient (Wildman–Crippen LogP) is 3.60. The summed E-state index contributed by atoms with van der Waals surface area (Å²) in [4.78, 5) is 25.9. The van der Waals surface area contributed by atoms with Gasteiger partial charge in [0.25, 0.3) is 11.8 Å². The zero-order valence-electron chi connectivity index (χ0n) is 18.7. The molecule has 0 saturated heterocycles. The lowest BCUT2D eigenvalue weighted by molar-refractivity contribution is -0.130. The topological polar surface area (TPSA) is 86.3 Å². The van der Waals surface area contributed by atoms with Crippen molar-refractivity contribution in [2.75, 3.05) is 45.8 Å². The number of carbonyl (C=O) groups is 2. The van der Waals surface area contributed by atoms with E-state index in [1.807, 2.05) is 20.8 Å². The zero-order chi connectivity index (χ0) is 22.8. The van der Waals surface area contributed by atoms with Crippen molar-refractivity contribution in [3.63, 3.8) is 0 Å². The Hall–Kier alpha value is -3.42. The number of nitrogens with zero attached hydrogens (tertiary/aromatic N) is 1. The fourth-order valence-corrected chi connectivity index (χ4v) is 2.63. The molecule has 0 aliphatic heterocycles. The van der Waals surface area contributed by atoms with Gasteiger partial charge in [0.1, 0.15) is 5.75 Å². The fourth-order valence-electron chi connectivity index (χ4n) is 2.63. The highest BCUT2D eigenvalue weighted by Gasteiger charge is 2.18. The number of likely N-dealkylation sites (N-methyl/N-ethyl adjacent to an activating group) is 1. The smallest absolute Gasteiger partial charge is 0.259 e. The molecule has 8 nitrogen and oxygen atoms in total. The second kappa shape index (κ2) is 11.7. The minimum absolute atomic E-state index is 0.0503. The molecule has 1 N–H and O–H groups in total. The van der Waals surface area contributed by atoms with E-state index in [1.165, 1.54) is 4.90 Å². The number of carbonyl (C=O) groups excluding carboxylic acids is 2. The maximum Gasteiger partial charge on any atom is 0.259 e. The third-order valence-corrected chi connectivity index (χ3v) is 4.14. The molecule has 0 bridgehead atoms. The fraction of sp³-hybridized carbons (Fsp3) is 0.391. The molecular weight excluding hydrogens is 400 g/mol. The van der Waals surface area contributed by atoms with Crippen molar-refractivity contribution < 1.29 is 28.5 Å². The molecule has 2 aromatic rings. The third-order valence-electron chi connectivity index (χ3n) is 4.14. The minimum atomic E-state index is -0.318. The first-order valence-electron chi connectivity index (χ1n) is 10.2. The Kier molecular flexibility index (Phi) is 8.99. The summed E-state index contributed by atoms with van der Waals surface area (Å²) in [7, 11) is 3.33. The minimum Gasteiger partial charge on any atom is -0.490 e. The highest BCUT2D eigenvalue weighted by Crippen LogP contribution is 2.39. The van der Waals surface area contributed by atoms with Crippen LogP contribution in [0.1, 0.15) is 31.1 Å². The summed E-state index contributed by atoms with van der Waals surface area (Å²) in [5, 5.41) is 2.84. The van der Waals surface area contributed by atoms with Gasteiger partial charge in [0.15, 0.2) is 18.1 Å². The first kappa shape index (κ1) is 23.9. The lowest BCUT2D eigenvalue weighted by atomic mass is 10.1. The molecule has 0 aliphatic rings. The van der Waals surface area contributed by atoms with E-state index in [-0.39, 0.29) is 18.4 Å². The standard InChI is InChI=1S/C23H30N2O6/c1-6-28-19-13-16(14-20(29-7-2)22(19)30-8-3)23(27)24-17-9-11-18(12-10-17)31-15-21(26)25(4)5/h9-14H,6-8,15H2,1-5H3,(H,24,27). The van der Waals surface area contributed by atoms with Gasteiger partial charge in [0.2, 0.25) is 5.75 Å². The molecule has 0 spiro atoms. The Bertz CT molecular complexity index is 853. The van der Waals surface area contributed by atoms with Crippen molar-refractivity contribution in [2.45, 2.75) is 20.8 Å². The molecular formula is C23H30N2O6. The molecule has 0 fully saturated rings. The van der Waals surface area contributed by atoms with Crippen LogP contribution < -0.4 is 24.3 Å². The Balaban J connectivity index is 2.16. The summed E-state index contributed by atoms with van der Waals surface area (Å²) in [6, 6.07) is 10.1. The first-order chi connectivity index (χ1) is 14.9. The molecule has 0 heterocycles. The van der Waals surface area contributed by atoms with Gasteiger partial charge in [0, 0.05) is 25.3 Å². The number of hydrogen-bond donors (Lipinski definition) is 1. The van der Waals surface area contributed by atoms with Gasteiger partial charge in [-0.05, 0) is 57.2 Å². The van der Waals surface area contributed by atoms with Crippen LogP contribution in [-0.4, -0.2) is 57.2 Å². The van der Waals surface area contributed by atoms with Crippen molar-refractivity contribution in [3.8, 4) is 23.0 Å². The highest BCUT2D eigenvalue weighted by molar-refractivity contribution is 6.05. The van der Waals surface area contributed by atoms with Gasteiger partial charge < -0.3 is 29.2 Å². The van der Waals surface area contributed by atoms with E-state index in [0.29, 0.717) is 54.1 Å². The molecule has 2 amide bonds. The van der Waals surface area contributed by atoms with Crippen molar-refractivity contribution >= 4 is 17.5 Å². The molecule has 168 valence electrons. The summed E-state index contributed by atoms with van der Waals surface area (Å²) < 4.78 is 22.4. The normalized spacial score (nSPS) is 10.2. The van der Waals surface area contributed by atoms with Crippen molar-refractivity contribution in [3.05, 3.63) is 42.0 Å². The van der Waals surface area contributed by atoms with E-state index in [2.05, 4.69) is 5.32 Å². The van der Waals surface area contributed by atoms with E-state index >= 15 is 0 Å². The number of nitrogens with one attached hydrogen (secondary N) is 1. The number of ether oxygens (including phenoxy) is 4. The molecule has 0 saturated carbocycles. The molecule has 31 heavy (non-hydrogen) atoms. The van der Waals surface area contributed by atoms with Gasteiger partial charge in [-0.3, -0.25) is 9.59 Å². The number of amides is 2. The van der Waals surface area contributed by atoms with Gasteiger partial charge in [-0.2, -0.15) is 0 Å². The molecule has 2 rings (SSSR count). The van der Waals surface area contributed by atoms with Gasteiger partial charge >= 0.3 is 0 Å². The second-order valence-electron chi connectivity index (χ2n) is 6.66. The van der Waals surface area contributed by atoms with Crippen LogP contribution in [0.4, 0.5) is 5.69 Å². The molecule has 0 radical (unpaired) electrons. The lowest BCUT2D eigenvalue weighted by Gasteiger charge is -2.17. The Morgan fingerprint density at radius 1 is 0.839 bits per heavy atom. The summed E-state index contributed by atoms with van der Waals surface area (Å²) in [5.41, 5.74) is 0.966. The van der Waals surface area contributed by atoms with Crippen LogP contribution in [0.25, 0.3) is 0 Å². The monoisotopic (exact) mass is 430 g/mol. The molecule has 0 atom stereocenters. The van der Waals surface area contributed by atoms with Crippen molar-refractivity contribution in [1.29, 1.82) is 0 Å². The quantitative estimate of drug-likeness (QED) is 0.586. The summed E-state index contributed by atoms with van der Waals surface area (Å²) in [6.07, 6.45) is 0. The molecule has 2 aromatic carbocycles. The van der Waals surface area contributed by atoms with Crippen molar-refractivity contribution in [2.24, 2.45) is 0 Å². The number of benzene rings is 2. The zero-order valence-corrected chi connectivity index (χ0v) is 18.7. The first-order valence-corrected chi connectivity index (χ1v) is 10.2. The van der Waals surface area contributed by atoms with E-state index in [0.717, 1.165) is 0 Å². The third kappa shape index (κ3) is 6.80. The van der Waals surface area contributed by atoms with Crippen LogP contribution in [0, 0.1) is 0 Å². The van der Waals surface area contributed by atoms with E-state index in [1.54, 1.807) is 50.5 Å². The Labute approximate surface area is 183 Å². The van der Waals surface area contributed by atoms with Crippen LogP contribution in [0.15, 0.2) is 36.4 Å². The second-order valence-corrected chi connectivity index (χ2v) is 6.66. The summed E-state index contributed by atoms with van der Waals surface area (Å²) in [6.45, 7) is 6.83. The van der Waals surface area contributed by atoms with E-state index in [9.17, 15) is 9.59 Å². The average molecular weight is 431 g/mol. The van der Waals surface area contributed by atoms with Gasteiger partial charge in [-0.15, -0.1) is 0 Å². The van der Waals surface area contributed by atoms with E-state index in [4.69, 9.17) is 18.9 Å². The summed E-state index contributed by atoms with van der Waals surface area (Å²) >= 11 is 0. The van der Waals surface area contributed by atoms with Gasteiger partial charge in [-0.1, -0.05) is 0 Å². The number of anilines is 1. The summed E-state index contributed by atoms with van der Waals surface area (Å²) in [5.74, 6) is 1.47. The Morgan fingerprint density at radius 3 is 1.87 bits per heavy atom. The maximum absolute atomic E-state index is 12.8. The van der Waals surface area contributed by atoms with E-state index < -0.39 is 0 Å². The van der Waals surface area contributed by atoms with Gasteiger partial charge in [0.05, 0.1) is 19.8 Å². The van der Waals surface area contributed by atoms with Crippen LogP contribution in [0.3, 0.4) is 0 Å². The van der Waals surface area contributed by atoms with Crippen molar-refractivity contribution in [1.82, 2.24) is 4.90 Å². The predicted molar refractivity (Wildman–Crippen MR) is 119 cm³/mol. The highest BCUT2D eigenvalue weighted by atomic mass is 16.5. The lowest BCUT2D eigenvalue weighted by Crippen LogP contribution is -2.27. The SMILES string of the molecule is CCOc1cc(C(=O)Nc2ccc(OCC(=O)N(C)C)cc2)cc(OCC)c1OCC. The number of hydrogen-bond acceptors (Lipinski definition) is 6. The largest absolute Gasteiger partial charge is 0.490 e. The molecule has 0 aromatic heterocycles. The molecule has 8 heteroatoms. The maximum atomic E-state index is 12.8. The van der Waals surface area contributed by atoms with Crippen LogP contribution in [0.5, 0.6) is 23.0 Å². The van der Waals surface area contributed by atoms with Crippen LogP contribution in [-0.2, 0) is 4.79 Å². The molecule has 0 unspecified atom stereocenters. The average Bonchev–Trinajstić information content (AvgIpc) is 2.75. The van der Waals surface area contributed by atoms with Gasteiger partial charge in [-0.25, -0.2) is 0 Å². The van der Waals surface area contributed by atoms with Crippen LogP contribution >= 0.6 is 0 Å². The Morgan fingerprint density at radius 2 is 1.39 bits per heavy atom. The number of rotatable bonds is 11. The molecule has 0 aliphatic carbocycles.